The van der Waals surface area contributed by atoms with Crippen molar-refractivity contribution >= 4 is 6.09 Å². The molecule has 0 spiro atoms. The lowest BCUT2D eigenvalue weighted by Crippen LogP contribution is -2.16. The van der Waals surface area contributed by atoms with Crippen LogP contribution >= 0.6 is 0 Å². The van der Waals surface area contributed by atoms with Gasteiger partial charge >= 0.3 is 6.09 Å². The zero-order valence-electron chi connectivity index (χ0n) is 8.68. The maximum Gasteiger partial charge on any atom is 0.409 e. The van der Waals surface area contributed by atoms with E-state index in [1.54, 1.807) is 18.2 Å². The fourth-order valence-electron chi connectivity index (χ4n) is 1.12. The second-order valence-electron chi connectivity index (χ2n) is 3.03. The number of amides is 1. The zero-order chi connectivity index (χ0) is 11.8. The third kappa shape index (κ3) is 4.44. The predicted molar refractivity (Wildman–Crippen MR) is 56.5 cm³/mol. The summed E-state index contributed by atoms with van der Waals surface area (Å²) in [6.07, 6.45) is -0.486. The summed E-state index contributed by atoms with van der Waals surface area (Å²) in [6.45, 7) is 0.759. The van der Waals surface area contributed by atoms with Gasteiger partial charge in [0, 0.05) is 0 Å². The zero-order valence-corrected chi connectivity index (χ0v) is 8.68. The normalized spacial score (nSPS) is 9.44. The van der Waals surface area contributed by atoms with Crippen LogP contribution in [0.5, 0.6) is 5.75 Å². The van der Waals surface area contributed by atoms with Crippen LogP contribution in [0.4, 0.5) is 4.79 Å². The fraction of sp³-hybridized carbons (Fsp3) is 0.273. The molecular formula is C11H12N2O3. The molecule has 5 heteroatoms. The van der Waals surface area contributed by atoms with Crippen LogP contribution < -0.4 is 10.5 Å². The number of carbonyl (C=O) groups is 1. The summed E-state index contributed by atoms with van der Waals surface area (Å²) in [5.74, 6) is 0.383. The highest BCUT2D eigenvalue weighted by atomic mass is 16.5. The van der Waals surface area contributed by atoms with Crippen molar-refractivity contribution in [3.63, 3.8) is 0 Å². The molecule has 0 heterocycles. The monoisotopic (exact) mass is 220 g/mol. The third-order valence-corrected chi connectivity index (χ3v) is 1.74. The summed E-state index contributed by atoms with van der Waals surface area (Å²) < 4.78 is 9.94. The number of primary amides is 1. The summed E-state index contributed by atoms with van der Waals surface area (Å²) >= 11 is 0. The molecule has 1 aromatic rings. The topological polar surface area (TPSA) is 85.3 Å². The second kappa shape index (κ2) is 6.43. The standard InChI is InChI=1S/C11H12N2O3/c12-5-2-6-15-8-9-3-1-4-10(7-9)16-11(13)14/h1,3-4,7H,2,6,8H2,(H2,13,14). The van der Waals surface area contributed by atoms with Gasteiger partial charge in [-0.25, -0.2) is 4.79 Å². The van der Waals surface area contributed by atoms with Crippen molar-refractivity contribution in [3.8, 4) is 11.8 Å². The molecule has 2 N–H and O–H groups in total. The first kappa shape index (κ1) is 12.0. The predicted octanol–water partition coefficient (Wildman–Crippen LogP) is 1.57. The molecule has 0 fully saturated rings. The first-order valence-corrected chi connectivity index (χ1v) is 4.73. The Kier molecular flexibility index (Phi) is 4.83. The van der Waals surface area contributed by atoms with E-state index in [4.69, 9.17) is 20.5 Å². The van der Waals surface area contributed by atoms with Crippen LogP contribution in [0.1, 0.15) is 12.0 Å². The lowest BCUT2D eigenvalue weighted by molar-refractivity contribution is 0.126. The second-order valence-corrected chi connectivity index (χ2v) is 3.03. The Morgan fingerprint density at radius 2 is 2.31 bits per heavy atom. The van der Waals surface area contributed by atoms with Gasteiger partial charge in [-0.2, -0.15) is 5.26 Å². The Morgan fingerprint density at radius 1 is 1.50 bits per heavy atom. The van der Waals surface area contributed by atoms with E-state index in [1.807, 2.05) is 12.1 Å². The highest BCUT2D eigenvalue weighted by Gasteiger charge is 2.00. The van der Waals surface area contributed by atoms with Gasteiger partial charge in [0.15, 0.2) is 0 Å². The minimum atomic E-state index is -0.845. The van der Waals surface area contributed by atoms with Gasteiger partial charge in [-0.15, -0.1) is 0 Å². The molecule has 0 radical (unpaired) electrons. The Bertz CT molecular complexity index is 398. The lowest BCUT2D eigenvalue weighted by Gasteiger charge is -2.04. The number of nitrogens with zero attached hydrogens (tertiary/aromatic N) is 1. The Morgan fingerprint density at radius 3 is 3.00 bits per heavy atom. The molecule has 0 aliphatic rings. The number of carbonyl (C=O) groups excluding carboxylic acids is 1. The van der Waals surface area contributed by atoms with Crippen molar-refractivity contribution in [1.82, 2.24) is 0 Å². The molecule has 1 amide bonds. The van der Waals surface area contributed by atoms with Crippen molar-refractivity contribution in [2.75, 3.05) is 6.61 Å². The minimum absolute atomic E-state index is 0.359. The Labute approximate surface area is 93.4 Å². The third-order valence-electron chi connectivity index (χ3n) is 1.74. The number of nitrogens with two attached hydrogens (primary N) is 1. The molecule has 16 heavy (non-hydrogen) atoms. The molecule has 0 saturated carbocycles. The summed E-state index contributed by atoms with van der Waals surface area (Å²) in [7, 11) is 0. The molecule has 1 aromatic carbocycles. The largest absolute Gasteiger partial charge is 0.410 e. The molecule has 0 aliphatic heterocycles. The molecule has 5 nitrogen and oxygen atoms in total. The van der Waals surface area contributed by atoms with E-state index in [1.165, 1.54) is 0 Å². The average molecular weight is 220 g/mol. The fourth-order valence-corrected chi connectivity index (χ4v) is 1.12. The van der Waals surface area contributed by atoms with Crippen LogP contribution in [0, 0.1) is 11.3 Å². The van der Waals surface area contributed by atoms with Crippen molar-refractivity contribution in [2.45, 2.75) is 13.0 Å². The number of hydrogen-bond acceptors (Lipinski definition) is 4. The van der Waals surface area contributed by atoms with E-state index >= 15 is 0 Å². The van der Waals surface area contributed by atoms with E-state index in [2.05, 4.69) is 0 Å². The van der Waals surface area contributed by atoms with E-state index in [0.717, 1.165) is 5.56 Å². The van der Waals surface area contributed by atoms with Crippen molar-refractivity contribution in [2.24, 2.45) is 5.73 Å². The molecule has 0 aromatic heterocycles. The molecule has 0 aliphatic carbocycles. The minimum Gasteiger partial charge on any atom is -0.410 e. The van der Waals surface area contributed by atoms with Crippen molar-refractivity contribution in [3.05, 3.63) is 29.8 Å². The summed E-state index contributed by atoms with van der Waals surface area (Å²) in [5, 5.41) is 8.31. The van der Waals surface area contributed by atoms with Crippen LogP contribution in [-0.2, 0) is 11.3 Å². The van der Waals surface area contributed by atoms with Gasteiger partial charge in [-0.3, -0.25) is 0 Å². The highest BCUT2D eigenvalue weighted by Crippen LogP contribution is 2.13. The average Bonchev–Trinajstić information content (AvgIpc) is 2.24. The maximum atomic E-state index is 10.5. The quantitative estimate of drug-likeness (QED) is 0.763. The molecule has 0 saturated heterocycles. The summed E-state index contributed by atoms with van der Waals surface area (Å²) in [4.78, 5) is 10.5. The van der Waals surface area contributed by atoms with E-state index in [0.29, 0.717) is 25.4 Å². The molecule has 0 unspecified atom stereocenters. The highest BCUT2D eigenvalue weighted by molar-refractivity contribution is 5.68. The van der Waals surface area contributed by atoms with Crippen LogP contribution in [0.25, 0.3) is 0 Å². The summed E-state index contributed by atoms with van der Waals surface area (Å²) in [5.41, 5.74) is 5.74. The van der Waals surface area contributed by atoms with Crippen LogP contribution in [0.3, 0.4) is 0 Å². The van der Waals surface area contributed by atoms with Gasteiger partial charge in [-0.05, 0) is 17.7 Å². The van der Waals surface area contributed by atoms with Crippen LogP contribution in [0.2, 0.25) is 0 Å². The van der Waals surface area contributed by atoms with Gasteiger partial charge in [0.2, 0.25) is 0 Å². The first-order valence-electron chi connectivity index (χ1n) is 4.73. The maximum absolute atomic E-state index is 10.5. The molecule has 1 rings (SSSR count). The molecule has 0 bridgehead atoms. The van der Waals surface area contributed by atoms with Crippen molar-refractivity contribution < 1.29 is 14.3 Å². The summed E-state index contributed by atoms with van der Waals surface area (Å²) in [6, 6.07) is 8.84. The van der Waals surface area contributed by atoms with E-state index < -0.39 is 6.09 Å². The molecule has 84 valence electrons. The number of hydrogen-bond donors (Lipinski definition) is 1. The van der Waals surface area contributed by atoms with Gasteiger partial charge in [-0.1, -0.05) is 12.1 Å². The van der Waals surface area contributed by atoms with Gasteiger partial charge < -0.3 is 15.2 Å². The van der Waals surface area contributed by atoms with E-state index in [9.17, 15) is 4.79 Å². The van der Waals surface area contributed by atoms with Crippen LogP contribution in [0.15, 0.2) is 24.3 Å². The smallest absolute Gasteiger partial charge is 0.409 e. The van der Waals surface area contributed by atoms with E-state index in [-0.39, 0.29) is 0 Å². The van der Waals surface area contributed by atoms with Gasteiger partial charge in [0.05, 0.1) is 25.7 Å². The first-order chi connectivity index (χ1) is 7.72. The number of benzene rings is 1. The Hall–Kier alpha value is -2.06. The SMILES string of the molecule is N#CCCOCc1cccc(OC(N)=O)c1. The van der Waals surface area contributed by atoms with Crippen molar-refractivity contribution in [1.29, 1.82) is 5.26 Å². The van der Waals surface area contributed by atoms with Gasteiger partial charge in [0.1, 0.15) is 5.75 Å². The lowest BCUT2D eigenvalue weighted by atomic mass is 10.2. The number of ether oxygens (including phenoxy) is 2. The number of nitriles is 1. The Balaban J connectivity index is 2.47. The molecule has 0 atom stereocenters. The molecular weight excluding hydrogens is 208 g/mol. The van der Waals surface area contributed by atoms with Crippen LogP contribution in [-0.4, -0.2) is 12.7 Å². The van der Waals surface area contributed by atoms with Gasteiger partial charge in [0.25, 0.3) is 0 Å². The number of rotatable bonds is 5.